The Kier molecular flexibility index (Phi) is 14.3. The summed E-state index contributed by atoms with van der Waals surface area (Å²) in [6.07, 6.45) is 0. The number of sulfonamides is 2. The molecule has 10 rings (SSSR count). The molecule has 6 heterocycles. The quantitative estimate of drug-likeness (QED) is 0.123. The van der Waals surface area contributed by atoms with Crippen molar-refractivity contribution >= 4 is 43.3 Å². The number of aliphatic hydroxyl groups excluding tert-OH is 2. The number of ether oxygens (including phenoxy) is 2. The van der Waals surface area contributed by atoms with Gasteiger partial charge in [-0.3, -0.25) is 9.59 Å². The number of carbonyl (C=O) groups excluding carboxylic acids is 1. The van der Waals surface area contributed by atoms with Gasteiger partial charge >= 0.3 is 5.97 Å². The molecule has 6 N–H and O–H groups in total. The van der Waals surface area contributed by atoms with Crippen LogP contribution in [0.2, 0.25) is 0 Å². The summed E-state index contributed by atoms with van der Waals surface area (Å²) < 4.78 is 67.3. The second-order valence-electron chi connectivity index (χ2n) is 19.1. The summed E-state index contributed by atoms with van der Waals surface area (Å²) in [5, 5.41) is 37.1. The fourth-order valence-corrected chi connectivity index (χ4v) is 12.0. The van der Waals surface area contributed by atoms with Gasteiger partial charge in [0.15, 0.2) is 0 Å². The highest BCUT2D eigenvalue weighted by molar-refractivity contribution is 7.89. The Morgan fingerprint density at radius 1 is 0.594 bits per heavy atom. The first kappa shape index (κ1) is 49.6. The van der Waals surface area contributed by atoms with E-state index in [4.69, 9.17) is 19.7 Å². The monoisotopic (exact) mass is 984 g/mol. The van der Waals surface area contributed by atoms with Gasteiger partial charge in [-0.15, -0.1) is 0 Å². The van der Waals surface area contributed by atoms with Crippen LogP contribution in [0.1, 0.15) is 50.7 Å². The zero-order valence-electron chi connectivity index (χ0n) is 39.1. The highest BCUT2D eigenvalue weighted by Gasteiger charge is 2.40. The third kappa shape index (κ3) is 10.8. The lowest BCUT2D eigenvalue weighted by atomic mass is 9.98. The molecule has 0 aliphatic carbocycles. The number of nitrogens with one attached hydrogen (secondary N) is 3. The molecule has 0 bridgehead atoms. The fraction of sp³-hybridized carbons (Fsp3) is 0.400. The highest BCUT2D eigenvalue weighted by atomic mass is 32.2. The van der Waals surface area contributed by atoms with Crippen molar-refractivity contribution in [1.29, 1.82) is 0 Å². The molecule has 17 nitrogen and oxygen atoms in total. The molecule has 1 amide bonds. The van der Waals surface area contributed by atoms with E-state index in [-0.39, 0.29) is 48.3 Å². The Balaban J connectivity index is 0.000000157. The van der Waals surface area contributed by atoms with Crippen LogP contribution in [0.15, 0.2) is 129 Å². The standard InChI is InChI=1S/C25H29N3O5S.C16H21N3O3S.C9H10O3/c1-25(2)16-26-22-10-20(8-9-23(22)33-25)34(31,32)28-13-18-11-27(12-19(18)14-28)24(30)21(15-29)17-6-4-3-5-7-17;1-16(2)10-18-14-5-13(3-4-15(14)22-16)23(20,21)19-8-11-6-17-7-12(11)9-19;10-6-8(9(11)12)7-4-2-1-3-5-7/h3-10,21,26,29H,11-16H2,1-2H3;3-5,17-18H,6-10H2,1-2H3;1-5,8,10H,6H2,(H,11,12)/t21-;;8-/m1.1/s1. The first-order valence-electron chi connectivity index (χ1n) is 22.9. The van der Waals surface area contributed by atoms with Crippen molar-refractivity contribution < 1.29 is 51.2 Å². The molecule has 0 aromatic heterocycles. The number of amides is 1. The van der Waals surface area contributed by atoms with E-state index in [2.05, 4.69) is 16.0 Å². The Bertz CT molecular complexity index is 2840. The van der Waals surface area contributed by atoms with Crippen LogP contribution in [0, 0.1) is 0 Å². The number of aliphatic carboxylic acids is 1. The Morgan fingerprint density at radius 3 is 1.41 bits per heavy atom. The van der Waals surface area contributed by atoms with Crippen molar-refractivity contribution in [2.45, 2.75) is 60.5 Å². The van der Waals surface area contributed by atoms with Crippen LogP contribution < -0.4 is 25.4 Å². The van der Waals surface area contributed by atoms with E-state index in [0.717, 1.165) is 35.5 Å². The molecule has 69 heavy (non-hydrogen) atoms. The maximum absolute atomic E-state index is 13.4. The first-order valence-corrected chi connectivity index (χ1v) is 25.7. The third-order valence-corrected chi connectivity index (χ3v) is 16.5. The molecule has 0 unspecified atom stereocenters. The zero-order chi connectivity index (χ0) is 49.3. The summed E-state index contributed by atoms with van der Waals surface area (Å²) in [7, 11) is -7.17. The van der Waals surface area contributed by atoms with Gasteiger partial charge < -0.3 is 45.6 Å². The van der Waals surface area contributed by atoms with Gasteiger partial charge in [0.2, 0.25) is 26.0 Å². The number of anilines is 2. The number of benzene rings is 4. The minimum Gasteiger partial charge on any atom is -0.484 e. The summed E-state index contributed by atoms with van der Waals surface area (Å²) in [6.45, 7) is 12.5. The number of fused-ring (bicyclic) bond motifs is 2. The molecule has 368 valence electrons. The topological polar surface area (TPSA) is 227 Å². The number of carboxylic acids is 1. The van der Waals surface area contributed by atoms with E-state index in [0.29, 0.717) is 66.9 Å². The largest absolute Gasteiger partial charge is 0.484 e. The van der Waals surface area contributed by atoms with Gasteiger partial charge in [0, 0.05) is 52.4 Å². The van der Waals surface area contributed by atoms with Crippen molar-refractivity contribution in [2.75, 3.05) is 89.3 Å². The number of hydrogen-bond acceptors (Lipinski definition) is 13. The normalized spacial score (nSPS) is 19.9. The van der Waals surface area contributed by atoms with Crippen molar-refractivity contribution in [3.8, 4) is 11.5 Å². The van der Waals surface area contributed by atoms with Crippen LogP contribution in [-0.4, -0.2) is 147 Å². The second-order valence-corrected chi connectivity index (χ2v) is 23.0. The molecular weight excluding hydrogens is 925 g/mol. The molecule has 6 aliphatic rings. The Labute approximate surface area is 403 Å². The number of carbonyl (C=O) groups is 2. The van der Waals surface area contributed by atoms with Gasteiger partial charge in [0.1, 0.15) is 28.6 Å². The van der Waals surface area contributed by atoms with E-state index in [9.17, 15) is 31.5 Å². The lowest BCUT2D eigenvalue weighted by Crippen LogP contribution is -2.40. The minimum atomic E-state index is -3.69. The molecular formula is C50H60N6O11S2. The predicted molar refractivity (Wildman–Crippen MR) is 260 cm³/mol. The van der Waals surface area contributed by atoms with Crippen LogP contribution in [0.5, 0.6) is 11.5 Å². The number of nitrogens with zero attached hydrogens (tertiary/aromatic N) is 3. The Hall–Kier alpha value is -5.80. The highest BCUT2D eigenvalue weighted by Crippen LogP contribution is 2.39. The van der Waals surface area contributed by atoms with Crippen LogP contribution in [0.3, 0.4) is 0 Å². The van der Waals surface area contributed by atoms with E-state index in [1.54, 1.807) is 75.9 Å². The van der Waals surface area contributed by atoms with Crippen LogP contribution in [0.25, 0.3) is 0 Å². The molecule has 19 heteroatoms. The third-order valence-electron chi connectivity index (χ3n) is 12.9. The average Bonchev–Trinajstić information content (AvgIpc) is 4.13. The summed E-state index contributed by atoms with van der Waals surface area (Å²) in [5.41, 5.74) is 6.54. The molecule has 2 atom stereocenters. The number of rotatable bonds is 10. The van der Waals surface area contributed by atoms with Gasteiger partial charge in [0.25, 0.3) is 0 Å². The molecule has 6 aliphatic heterocycles. The van der Waals surface area contributed by atoms with Crippen LogP contribution in [-0.2, 0) is 29.6 Å². The lowest BCUT2D eigenvalue weighted by molar-refractivity contribution is -0.139. The van der Waals surface area contributed by atoms with Crippen LogP contribution in [0.4, 0.5) is 11.4 Å². The molecule has 0 spiro atoms. The molecule has 0 saturated carbocycles. The number of carboxylic acid groups (broad SMARTS) is 1. The predicted octanol–water partition coefficient (Wildman–Crippen LogP) is 4.21. The van der Waals surface area contributed by atoms with E-state index < -0.39 is 37.9 Å². The van der Waals surface area contributed by atoms with Crippen molar-refractivity contribution in [1.82, 2.24) is 18.8 Å². The maximum Gasteiger partial charge on any atom is 0.313 e. The SMILES string of the molecule is CC1(C)CNc2cc(S(=O)(=O)N3CC4=C(CN(C(=O)[C@H](CO)c5ccccc5)C4)C3)ccc2O1.CC1(C)CNc2cc(S(=O)(=O)N3CC4=C(CNC4)C3)ccc2O1.O=C(O)[C@H](CO)c1ccccc1. The van der Waals surface area contributed by atoms with E-state index in [1.165, 1.54) is 15.5 Å². The van der Waals surface area contributed by atoms with Gasteiger partial charge in [0.05, 0.1) is 53.4 Å². The Morgan fingerprint density at radius 2 is 1.00 bits per heavy atom. The second kappa shape index (κ2) is 19.9. The molecule has 4 aromatic carbocycles. The van der Waals surface area contributed by atoms with E-state index in [1.807, 2.05) is 58.0 Å². The van der Waals surface area contributed by atoms with Gasteiger partial charge in [-0.25, -0.2) is 16.8 Å². The van der Waals surface area contributed by atoms with Crippen molar-refractivity contribution in [2.24, 2.45) is 0 Å². The van der Waals surface area contributed by atoms with Crippen molar-refractivity contribution in [3.63, 3.8) is 0 Å². The van der Waals surface area contributed by atoms with Crippen LogP contribution >= 0.6 is 0 Å². The molecule has 0 fully saturated rings. The first-order chi connectivity index (χ1) is 32.8. The van der Waals surface area contributed by atoms with Crippen molar-refractivity contribution in [3.05, 3.63) is 130 Å². The summed E-state index contributed by atoms with van der Waals surface area (Å²) in [5.74, 6) is -1.21. The maximum atomic E-state index is 13.4. The molecule has 0 saturated heterocycles. The zero-order valence-corrected chi connectivity index (χ0v) is 40.8. The van der Waals surface area contributed by atoms with E-state index >= 15 is 0 Å². The summed E-state index contributed by atoms with van der Waals surface area (Å²) >= 11 is 0. The summed E-state index contributed by atoms with van der Waals surface area (Å²) in [6, 6.07) is 27.9. The fourth-order valence-electron chi connectivity index (χ4n) is 9.09. The minimum absolute atomic E-state index is 0.138. The number of aliphatic hydroxyl groups is 2. The molecule has 0 radical (unpaired) electrons. The smallest absolute Gasteiger partial charge is 0.313 e. The van der Waals surface area contributed by atoms with Gasteiger partial charge in [-0.05, 0) is 97.5 Å². The lowest BCUT2D eigenvalue weighted by Gasteiger charge is -2.33. The molecule has 4 aromatic rings. The average molecular weight is 985 g/mol. The summed E-state index contributed by atoms with van der Waals surface area (Å²) in [4.78, 5) is 25.9. The number of hydrogen-bond donors (Lipinski definition) is 6. The van der Waals surface area contributed by atoms with Gasteiger partial charge in [-0.2, -0.15) is 8.61 Å². The van der Waals surface area contributed by atoms with Gasteiger partial charge in [-0.1, -0.05) is 60.7 Å².